The van der Waals surface area contributed by atoms with Crippen molar-refractivity contribution in [1.82, 2.24) is 14.9 Å². The third-order valence-electron chi connectivity index (χ3n) is 3.91. The first-order valence-electron chi connectivity index (χ1n) is 8.01. The molecule has 0 saturated carbocycles. The van der Waals surface area contributed by atoms with Gasteiger partial charge in [0.2, 0.25) is 5.91 Å². The van der Waals surface area contributed by atoms with Gasteiger partial charge in [-0.15, -0.1) is 0 Å². The number of nitrogens with zero attached hydrogens (tertiary/aromatic N) is 2. The number of para-hydroxylation sites is 2. The smallest absolute Gasteiger partial charge is 0.240 e. The number of aromatic nitrogens is 2. The van der Waals surface area contributed by atoms with Gasteiger partial charge in [0, 0.05) is 12.5 Å². The normalized spacial score (nSPS) is 11.2. The maximum Gasteiger partial charge on any atom is 0.240 e. The van der Waals surface area contributed by atoms with Gasteiger partial charge in [-0.2, -0.15) is 0 Å². The number of rotatable bonds is 5. The van der Waals surface area contributed by atoms with Crippen molar-refractivity contribution in [2.45, 2.75) is 32.9 Å². The van der Waals surface area contributed by atoms with Gasteiger partial charge in [0.25, 0.3) is 0 Å². The van der Waals surface area contributed by atoms with Crippen molar-refractivity contribution < 1.29 is 9.18 Å². The van der Waals surface area contributed by atoms with Gasteiger partial charge in [-0.1, -0.05) is 38.1 Å². The second kappa shape index (κ2) is 6.83. The molecule has 0 aliphatic heterocycles. The van der Waals surface area contributed by atoms with Crippen molar-refractivity contribution in [1.29, 1.82) is 0 Å². The van der Waals surface area contributed by atoms with Gasteiger partial charge in [0.05, 0.1) is 11.0 Å². The minimum absolute atomic E-state index is 0.0932. The van der Waals surface area contributed by atoms with Crippen LogP contribution in [0, 0.1) is 5.82 Å². The molecule has 3 rings (SSSR count). The molecule has 1 amide bonds. The van der Waals surface area contributed by atoms with E-state index in [9.17, 15) is 9.18 Å². The van der Waals surface area contributed by atoms with Gasteiger partial charge in [0.15, 0.2) is 0 Å². The molecule has 0 atom stereocenters. The highest BCUT2D eigenvalue weighted by Crippen LogP contribution is 2.21. The molecule has 0 bridgehead atoms. The summed E-state index contributed by atoms with van der Waals surface area (Å²) in [6.45, 7) is 4.72. The molecule has 2 aromatic carbocycles. The number of carbonyl (C=O) groups excluding carboxylic acids is 1. The van der Waals surface area contributed by atoms with E-state index in [4.69, 9.17) is 0 Å². The van der Waals surface area contributed by atoms with E-state index in [1.54, 1.807) is 12.1 Å². The van der Waals surface area contributed by atoms with Crippen molar-refractivity contribution in [2.24, 2.45) is 0 Å². The number of fused-ring (bicyclic) bond motifs is 1. The van der Waals surface area contributed by atoms with Crippen LogP contribution in [0.4, 0.5) is 4.39 Å². The zero-order valence-corrected chi connectivity index (χ0v) is 13.8. The highest BCUT2D eigenvalue weighted by Gasteiger charge is 2.15. The lowest BCUT2D eigenvalue weighted by Crippen LogP contribution is -2.28. The molecule has 1 N–H and O–H groups in total. The Hall–Kier alpha value is -2.69. The molecule has 24 heavy (non-hydrogen) atoms. The summed E-state index contributed by atoms with van der Waals surface area (Å²) in [7, 11) is 0. The van der Waals surface area contributed by atoms with Crippen molar-refractivity contribution in [2.75, 3.05) is 0 Å². The molecular formula is C19H20FN3O. The summed E-state index contributed by atoms with van der Waals surface area (Å²) in [5.41, 5.74) is 2.72. The zero-order chi connectivity index (χ0) is 17.1. The Morgan fingerprint density at radius 3 is 2.58 bits per heavy atom. The topological polar surface area (TPSA) is 46.9 Å². The number of imidazole rings is 1. The molecule has 0 spiro atoms. The molecule has 0 unspecified atom stereocenters. The van der Waals surface area contributed by atoms with Crippen LogP contribution in [-0.4, -0.2) is 15.5 Å². The van der Waals surface area contributed by atoms with Crippen LogP contribution < -0.4 is 5.32 Å². The average Bonchev–Trinajstić information content (AvgIpc) is 2.93. The van der Waals surface area contributed by atoms with E-state index in [0.717, 1.165) is 22.4 Å². The molecule has 0 fully saturated rings. The molecule has 0 aliphatic carbocycles. The lowest BCUT2D eigenvalue weighted by molar-refractivity contribution is -0.121. The predicted octanol–water partition coefficient (Wildman–Crippen LogP) is 3.62. The Morgan fingerprint density at radius 1 is 1.17 bits per heavy atom. The van der Waals surface area contributed by atoms with E-state index in [1.807, 2.05) is 28.8 Å². The largest absolute Gasteiger partial charge is 0.350 e. The van der Waals surface area contributed by atoms with Crippen LogP contribution in [0.1, 0.15) is 31.2 Å². The minimum atomic E-state index is -0.281. The maximum atomic E-state index is 12.9. The minimum Gasteiger partial charge on any atom is -0.350 e. The summed E-state index contributed by atoms with van der Waals surface area (Å²) in [6, 6.07) is 13.9. The third kappa shape index (κ3) is 3.45. The van der Waals surface area contributed by atoms with Crippen LogP contribution in [0.25, 0.3) is 11.0 Å². The first kappa shape index (κ1) is 16.2. The second-order valence-corrected chi connectivity index (χ2v) is 6.10. The molecule has 0 saturated heterocycles. The molecule has 0 aliphatic rings. The molecular weight excluding hydrogens is 305 g/mol. The number of benzene rings is 2. The van der Waals surface area contributed by atoms with Crippen molar-refractivity contribution in [3.8, 4) is 0 Å². The lowest BCUT2D eigenvalue weighted by Gasteiger charge is -2.12. The van der Waals surface area contributed by atoms with Crippen molar-refractivity contribution in [3.05, 3.63) is 65.7 Å². The van der Waals surface area contributed by atoms with Crippen LogP contribution in [0.15, 0.2) is 48.5 Å². The number of carbonyl (C=O) groups is 1. The van der Waals surface area contributed by atoms with Gasteiger partial charge >= 0.3 is 0 Å². The fourth-order valence-electron chi connectivity index (χ4n) is 2.70. The first-order chi connectivity index (χ1) is 11.5. The molecule has 0 radical (unpaired) electrons. The van der Waals surface area contributed by atoms with Gasteiger partial charge < -0.3 is 9.88 Å². The fourth-order valence-corrected chi connectivity index (χ4v) is 2.70. The molecule has 5 heteroatoms. The first-order valence-corrected chi connectivity index (χ1v) is 8.01. The maximum absolute atomic E-state index is 12.9. The van der Waals surface area contributed by atoms with Gasteiger partial charge in [0.1, 0.15) is 18.2 Å². The summed E-state index contributed by atoms with van der Waals surface area (Å²) < 4.78 is 14.9. The molecule has 3 aromatic rings. The monoisotopic (exact) mass is 325 g/mol. The predicted molar refractivity (Wildman–Crippen MR) is 92.1 cm³/mol. The van der Waals surface area contributed by atoms with Crippen LogP contribution >= 0.6 is 0 Å². The van der Waals surface area contributed by atoms with Crippen LogP contribution in [-0.2, 0) is 17.9 Å². The van der Waals surface area contributed by atoms with Crippen LogP contribution in [0.3, 0.4) is 0 Å². The number of nitrogens with one attached hydrogen (secondary N) is 1. The van der Waals surface area contributed by atoms with E-state index < -0.39 is 0 Å². The fraction of sp³-hybridized carbons (Fsp3) is 0.263. The molecule has 1 aromatic heterocycles. The van der Waals surface area contributed by atoms with Gasteiger partial charge in [-0.3, -0.25) is 4.79 Å². The summed E-state index contributed by atoms with van der Waals surface area (Å²) in [5.74, 6) is 0.747. The Bertz CT molecular complexity index is 853. The third-order valence-corrected chi connectivity index (χ3v) is 3.91. The average molecular weight is 325 g/mol. The Balaban J connectivity index is 1.75. The molecule has 1 heterocycles. The van der Waals surface area contributed by atoms with E-state index in [-0.39, 0.29) is 24.2 Å². The second-order valence-electron chi connectivity index (χ2n) is 6.10. The summed E-state index contributed by atoms with van der Waals surface area (Å²) >= 11 is 0. The Morgan fingerprint density at radius 2 is 1.88 bits per heavy atom. The summed E-state index contributed by atoms with van der Waals surface area (Å²) in [5, 5.41) is 2.88. The number of halogens is 1. The van der Waals surface area contributed by atoms with Crippen LogP contribution in [0.2, 0.25) is 0 Å². The SMILES string of the molecule is CC(C)c1nc2ccccc2n1CC(=O)NCc1ccc(F)cc1. The molecule has 124 valence electrons. The number of amides is 1. The quantitative estimate of drug-likeness (QED) is 0.779. The van der Waals surface area contributed by atoms with Crippen molar-refractivity contribution >= 4 is 16.9 Å². The van der Waals surface area contributed by atoms with E-state index in [0.29, 0.717) is 6.54 Å². The van der Waals surface area contributed by atoms with E-state index in [2.05, 4.69) is 24.1 Å². The Kier molecular flexibility index (Phi) is 4.60. The number of hydrogen-bond acceptors (Lipinski definition) is 2. The van der Waals surface area contributed by atoms with Gasteiger partial charge in [-0.25, -0.2) is 9.37 Å². The standard InChI is InChI=1S/C19H20FN3O/c1-13(2)19-22-16-5-3-4-6-17(16)23(19)12-18(24)21-11-14-7-9-15(20)10-8-14/h3-10,13H,11-12H2,1-2H3,(H,21,24). The van der Waals surface area contributed by atoms with Crippen molar-refractivity contribution in [3.63, 3.8) is 0 Å². The van der Waals surface area contributed by atoms with Gasteiger partial charge in [-0.05, 0) is 29.8 Å². The lowest BCUT2D eigenvalue weighted by atomic mass is 10.2. The highest BCUT2D eigenvalue weighted by molar-refractivity contribution is 5.81. The van der Waals surface area contributed by atoms with E-state index in [1.165, 1.54) is 12.1 Å². The number of hydrogen-bond donors (Lipinski definition) is 1. The zero-order valence-electron chi connectivity index (χ0n) is 13.8. The van der Waals surface area contributed by atoms with Crippen LogP contribution in [0.5, 0.6) is 0 Å². The summed E-state index contributed by atoms with van der Waals surface area (Å²) in [4.78, 5) is 17.0. The Labute approximate surface area is 140 Å². The summed E-state index contributed by atoms with van der Waals surface area (Å²) in [6.07, 6.45) is 0. The molecule has 4 nitrogen and oxygen atoms in total. The highest BCUT2D eigenvalue weighted by atomic mass is 19.1. The van der Waals surface area contributed by atoms with E-state index >= 15 is 0 Å².